The maximum atomic E-state index is 11.2. The molecule has 0 saturated heterocycles. The second kappa shape index (κ2) is 4.80. The number of esters is 1. The van der Waals surface area contributed by atoms with Gasteiger partial charge in [0.15, 0.2) is 11.3 Å². The number of ether oxygens (including phenoxy) is 1. The lowest BCUT2D eigenvalue weighted by molar-refractivity contribution is -0.123. The van der Waals surface area contributed by atoms with E-state index in [9.17, 15) is 9.59 Å². The van der Waals surface area contributed by atoms with E-state index < -0.39 is 5.97 Å². The van der Waals surface area contributed by atoms with Gasteiger partial charge in [0.2, 0.25) is 5.76 Å². The number of amides is 1. The summed E-state index contributed by atoms with van der Waals surface area (Å²) in [5.41, 5.74) is 0. The number of carbonyl (C=O) groups excluding carboxylic acids is 2. The van der Waals surface area contributed by atoms with Gasteiger partial charge < -0.3 is 14.5 Å². The summed E-state index contributed by atoms with van der Waals surface area (Å²) in [6.45, 7) is -0.312. The van der Waals surface area contributed by atoms with Crippen LogP contribution in [0.15, 0.2) is 21.2 Å². The molecule has 0 bridgehead atoms. The van der Waals surface area contributed by atoms with Crippen LogP contribution < -0.4 is 5.32 Å². The molecule has 1 N–H and O–H groups in total. The predicted molar refractivity (Wildman–Crippen MR) is 50.8 cm³/mol. The SMILES string of the molecule is CNC(=O)COC(=O)c1ccc(Br)o1. The first-order valence-electron chi connectivity index (χ1n) is 3.76. The van der Waals surface area contributed by atoms with Gasteiger partial charge in [-0.15, -0.1) is 0 Å². The summed E-state index contributed by atoms with van der Waals surface area (Å²) in [6, 6.07) is 3.02. The third kappa shape index (κ3) is 2.88. The van der Waals surface area contributed by atoms with Crippen LogP contribution in [0.3, 0.4) is 0 Å². The van der Waals surface area contributed by atoms with Crippen molar-refractivity contribution >= 4 is 27.8 Å². The van der Waals surface area contributed by atoms with Crippen molar-refractivity contribution in [1.29, 1.82) is 0 Å². The molecule has 14 heavy (non-hydrogen) atoms. The first-order valence-corrected chi connectivity index (χ1v) is 4.56. The summed E-state index contributed by atoms with van der Waals surface area (Å²) in [6.07, 6.45) is 0. The Labute approximate surface area is 88.5 Å². The summed E-state index contributed by atoms with van der Waals surface area (Å²) >= 11 is 3.04. The third-order valence-electron chi connectivity index (χ3n) is 1.39. The predicted octanol–water partition coefficient (Wildman–Crippen LogP) is 0.945. The average Bonchev–Trinajstić information content (AvgIpc) is 2.60. The summed E-state index contributed by atoms with van der Waals surface area (Å²) in [5, 5.41) is 2.32. The zero-order chi connectivity index (χ0) is 10.6. The lowest BCUT2D eigenvalue weighted by atomic mass is 10.4. The van der Waals surface area contributed by atoms with Gasteiger partial charge in [0.05, 0.1) is 0 Å². The molecule has 1 heterocycles. The Balaban J connectivity index is 2.47. The maximum Gasteiger partial charge on any atom is 0.374 e. The molecule has 6 heteroatoms. The van der Waals surface area contributed by atoms with E-state index in [1.54, 1.807) is 6.07 Å². The summed E-state index contributed by atoms with van der Waals surface area (Å²) in [4.78, 5) is 21.9. The van der Waals surface area contributed by atoms with Gasteiger partial charge in [-0.25, -0.2) is 4.79 Å². The molecule has 0 spiro atoms. The molecule has 0 atom stereocenters. The van der Waals surface area contributed by atoms with Crippen molar-refractivity contribution in [2.45, 2.75) is 0 Å². The summed E-state index contributed by atoms with van der Waals surface area (Å²) < 4.78 is 9.98. The Morgan fingerprint density at radius 3 is 2.79 bits per heavy atom. The Hall–Kier alpha value is -1.30. The molecule has 0 fully saturated rings. The fourth-order valence-electron chi connectivity index (χ4n) is 0.698. The summed E-state index contributed by atoms with van der Waals surface area (Å²) in [5.74, 6) is -0.982. The van der Waals surface area contributed by atoms with Crippen molar-refractivity contribution < 1.29 is 18.7 Å². The van der Waals surface area contributed by atoms with Crippen LogP contribution in [0.5, 0.6) is 0 Å². The molecule has 0 aliphatic heterocycles. The Bertz CT molecular complexity index is 347. The zero-order valence-corrected chi connectivity index (χ0v) is 8.96. The monoisotopic (exact) mass is 261 g/mol. The van der Waals surface area contributed by atoms with E-state index in [-0.39, 0.29) is 18.3 Å². The topological polar surface area (TPSA) is 68.5 Å². The van der Waals surface area contributed by atoms with Crippen molar-refractivity contribution in [2.24, 2.45) is 0 Å². The molecule has 5 nitrogen and oxygen atoms in total. The molecule has 0 radical (unpaired) electrons. The number of rotatable bonds is 3. The standard InChI is InChI=1S/C8H8BrNO4/c1-10-7(11)4-13-8(12)5-2-3-6(9)14-5/h2-3H,4H2,1H3,(H,10,11). The molecule has 76 valence electrons. The highest BCUT2D eigenvalue weighted by Gasteiger charge is 2.12. The van der Waals surface area contributed by atoms with Crippen LogP contribution in [-0.4, -0.2) is 25.5 Å². The van der Waals surface area contributed by atoms with Gasteiger partial charge in [-0.3, -0.25) is 4.79 Å². The minimum atomic E-state index is -0.667. The molecule has 0 unspecified atom stereocenters. The van der Waals surface area contributed by atoms with Gasteiger partial charge in [0.1, 0.15) is 0 Å². The smallest absolute Gasteiger partial charge is 0.374 e. The molecule has 0 aliphatic carbocycles. The van der Waals surface area contributed by atoms with Crippen molar-refractivity contribution in [3.8, 4) is 0 Å². The molecule has 1 aromatic rings. The minimum Gasteiger partial charge on any atom is -0.450 e. The van der Waals surface area contributed by atoms with E-state index in [4.69, 9.17) is 4.42 Å². The van der Waals surface area contributed by atoms with Crippen LogP contribution >= 0.6 is 15.9 Å². The molecule has 1 amide bonds. The highest BCUT2D eigenvalue weighted by atomic mass is 79.9. The number of likely N-dealkylation sites (N-methyl/N-ethyl adjacent to an activating group) is 1. The molecule has 1 aromatic heterocycles. The van der Waals surface area contributed by atoms with Crippen LogP contribution in [0, 0.1) is 0 Å². The zero-order valence-electron chi connectivity index (χ0n) is 7.37. The number of hydrogen-bond donors (Lipinski definition) is 1. The van der Waals surface area contributed by atoms with Gasteiger partial charge >= 0.3 is 5.97 Å². The fraction of sp³-hybridized carbons (Fsp3) is 0.250. The molecular weight excluding hydrogens is 254 g/mol. The van der Waals surface area contributed by atoms with E-state index >= 15 is 0 Å². The molecule has 0 aliphatic rings. The van der Waals surface area contributed by atoms with Crippen LogP contribution in [-0.2, 0) is 9.53 Å². The lowest BCUT2D eigenvalue weighted by Crippen LogP contribution is -2.24. The Kier molecular flexibility index (Phi) is 3.70. The van der Waals surface area contributed by atoms with Crippen LogP contribution in [0.25, 0.3) is 0 Å². The molecular formula is C8H8BrNO4. The van der Waals surface area contributed by atoms with Gasteiger partial charge in [-0.1, -0.05) is 0 Å². The lowest BCUT2D eigenvalue weighted by Gasteiger charge is -2.00. The quantitative estimate of drug-likeness (QED) is 0.823. The first kappa shape index (κ1) is 10.8. The van der Waals surface area contributed by atoms with Gasteiger partial charge in [-0.2, -0.15) is 0 Å². The van der Waals surface area contributed by atoms with E-state index in [0.29, 0.717) is 4.67 Å². The highest BCUT2D eigenvalue weighted by Crippen LogP contribution is 2.14. The second-order valence-corrected chi connectivity index (χ2v) is 3.13. The van der Waals surface area contributed by atoms with E-state index in [1.807, 2.05) is 0 Å². The van der Waals surface area contributed by atoms with Crippen LogP contribution in [0.4, 0.5) is 0 Å². The Morgan fingerprint density at radius 2 is 2.29 bits per heavy atom. The van der Waals surface area contributed by atoms with Crippen molar-refractivity contribution in [2.75, 3.05) is 13.7 Å². The molecule has 1 rings (SSSR count). The number of nitrogens with one attached hydrogen (secondary N) is 1. The van der Waals surface area contributed by atoms with Crippen molar-refractivity contribution in [3.05, 3.63) is 22.6 Å². The van der Waals surface area contributed by atoms with Crippen molar-refractivity contribution in [1.82, 2.24) is 5.32 Å². The van der Waals surface area contributed by atoms with Gasteiger partial charge in [-0.05, 0) is 28.1 Å². The average molecular weight is 262 g/mol. The maximum absolute atomic E-state index is 11.2. The van der Waals surface area contributed by atoms with Crippen molar-refractivity contribution in [3.63, 3.8) is 0 Å². The number of hydrogen-bond acceptors (Lipinski definition) is 4. The third-order valence-corrected chi connectivity index (χ3v) is 1.81. The largest absolute Gasteiger partial charge is 0.450 e. The van der Waals surface area contributed by atoms with Crippen LogP contribution in [0.1, 0.15) is 10.6 Å². The normalized spacial score (nSPS) is 9.57. The van der Waals surface area contributed by atoms with Gasteiger partial charge in [0, 0.05) is 7.05 Å². The Morgan fingerprint density at radius 1 is 1.57 bits per heavy atom. The number of furan rings is 1. The minimum absolute atomic E-state index is 0.0563. The molecule has 0 aromatic carbocycles. The molecule has 0 saturated carbocycles. The first-order chi connectivity index (χ1) is 6.63. The van der Waals surface area contributed by atoms with Gasteiger partial charge in [0.25, 0.3) is 5.91 Å². The summed E-state index contributed by atoms with van der Waals surface area (Å²) in [7, 11) is 1.46. The van der Waals surface area contributed by atoms with Crippen LogP contribution in [0.2, 0.25) is 0 Å². The fourth-order valence-corrected chi connectivity index (χ4v) is 1.00. The van der Waals surface area contributed by atoms with E-state index in [1.165, 1.54) is 13.1 Å². The van der Waals surface area contributed by atoms with E-state index in [2.05, 4.69) is 26.0 Å². The second-order valence-electron chi connectivity index (χ2n) is 2.35. The number of carbonyl (C=O) groups is 2. The number of halogens is 1. The highest BCUT2D eigenvalue weighted by molar-refractivity contribution is 9.10. The van der Waals surface area contributed by atoms with E-state index in [0.717, 1.165) is 0 Å².